The van der Waals surface area contributed by atoms with Gasteiger partial charge in [0.25, 0.3) is 0 Å². The number of benzene rings is 6. The first-order valence-electron chi connectivity index (χ1n) is 19.3. The zero-order chi connectivity index (χ0) is 38.9. The van der Waals surface area contributed by atoms with Crippen LogP contribution in [0.1, 0.15) is 0 Å². The standard InChI is InChI=1S/C51H29N7O/c1-2-14-43-41(13-1)42-27-38(19-20-44(42)59-43)51-57-49(36-9-3-7-32(23-36)39-25-34-17-15-30-11-5-21-52-45(30)47(34)54-28-39)56-50(58-51)37-10-4-8-33(24-37)40-26-35-18-16-31-12-6-22-53-46(31)48(35)55-29-40/h1-29H. The summed E-state index contributed by atoms with van der Waals surface area (Å²) < 4.78 is 6.17. The van der Waals surface area contributed by atoms with Crippen LogP contribution in [0.15, 0.2) is 181 Å². The number of hydrogen-bond acceptors (Lipinski definition) is 8. The van der Waals surface area contributed by atoms with E-state index in [-0.39, 0.29) is 0 Å². The summed E-state index contributed by atoms with van der Waals surface area (Å²) in [6.07, 6.45) is 7.44. The molecule has 0 fully saturated rings. The minimum Gasteiger partial charge on any atom is -0.456 e. The van der Waals surface area contributed by atoms with Gasteiger partial charge in [0.1, 0.15) is 11.2 Å². The predicted molar refractivity (Wildman–Crippen MR) is 235 cm³/mol. The van der Waals surface area contributed by atoms with Gasteiger partial charge < -0.3 is 4.42 Å². The number of fused-ring (bicyclic) bond motifs is 9. The molecule has 8 heteroatoms. The monoisotopic (exact) mass is 755 g/mol. The Labute approximate surface area is 336 Å². The van der Waals surface area contributed by atoms with E-state index in [1.165, 1.54) is 0 Å². The SMILES string of the molecule is c1cc(-c2cnc3c(ccc4cccnc43)c2)cc(-c2nc(-c3cccc(-c4cnc5c(ccc6cccnc65)c4)c3)nc(-c3ccc4oc5ccccc5c4c3)n2)c1. The highest BCUT2D eigenvalue weighted by Crippen LogP contribution is 2.35. The summed E-state index contributed by atoms with van der Waals surface area (Å²) in [7, 11) is 0. The van der Waals surface area contributed by atoms with E-state index in [2.05, 4.69) is 94.9 Å². The van der Waals surface area contributed by atoms with Gasteiger partial charge in [0, 0.05) is 84.9 Å². The van der Waals surface area contributed by atoms with Crippen LogP contribution < -0.4 is 0 Å². The van der Waals surface area contributed by atoms with Crippen molar-refractivity contribution in [2.75, 3.05) is 0 Å². The number of hydrogen-bond donors (Lipinski definition) is 0. The molecule has 0 spiro atoms. The quantitative estimate of drug-likeness (QED) is 0.160. The van der Waals surface area contributed by atoms with Crippen LogP contribution in [0.25, 0.3) is 122 Å². The second kappa shape index (κ2) is 13.2. The third kappa shape index (κ3) is 5.65. The van der Waals surface area contributed by atoms with Gasteiger partial charge >= 0.3 is 0 Å². The van der Waals surface area contributed by atoms with Crippen LogP contribution in [0.4, 0.5) is 0 Å². The summed E-state index contributed by atoms with van der Waals surface area (Å²) >= 11 is 0. The number of pyridine rings is 4. The van der Waals surface area contributed by atoms with Gasteiger partial charge in [0.2, 0.25) is 0 Å². The lowest BCUT2D eigenvalue weighted by Crippen LogP contribution is -2.00. The van der Waals surface area contributed by atoms with Crippen LogP contribution >= 0.6 is 0 Å². The van der Waals surface area contributed by atoms with E-state index in [4.69, 9.17) is 29.3 Å². The molecular formula is C51H29N7O. The van der Waals surface area contributed by atoms with Gasteiger partial charge in [-0.1, -0.05) is 91.0 Å². The summed E-state index contributed by atoms with van der Waals surface area (Å²) in [6.45, 7) is 0. The van der Waals surface area contributed by atoms with Gasteiger partial charge in [-0.2, -0.15) is 0 Å². The maximum Gasteiger partial charge on any atom is 0.164 e. The second-order valence-corrected chi connectivity index (χ2v) is 14.6. The van der Waals surface area contributed by atoms with Gasteiger partial charge in [0.05, 0.1) is 22.1 Å². The molecule has 0 radical (unpaired) electrons. The third-order valence-electron chi connectivity index (χ3n) is 11.0. The largest absolute Gasteiger partial charge is 0.456 e. The number of nitrogens with zero attached hydrogens (tertiary/aromatic N) is 7. The lowest BCUT2D eigenvalue weighted by Gasteiger charge is -2.11. The maximum atomic E-state index is 6.17. The van der Waals surface area contributed by atoms with Crippen molar-refractivity contribution in [2.45, 2.75) is 0 Å². The van der Waals surface area contributed by atoms with Crippen molar-refractivity contribution in [2.24, 2.45) is 0 Å². The molecule has 0 saturated heterocycles. The molecule has 0 atom stereocenters. The zero-order valence-corrected chi connectivity index (χ0v) is 31.3. The van der Waals surface area contributed by atoms with Crippen LogP contribution in [-0.2, 0) is 0 Å². The van der Waals surface area contributed by atoms with Crippen molar-refractivity contribution in [1.82, 2.24) is 34.9 Å². The summed E-state index contributed by atoms with van der Waals surface area (Å²) in [4.78, 5) is 34.4. The maximum absolute atomic E-state index is 6.17. The molecule has 8 nitrogen and oxygen atoms in total. The average Bonchev–Trinajstić information content (AvgIpc) is 3.69. The number of para-hydroxylation sites is 1. The Morgan fingerprint density at radius 2 is 0.797 bits per heavy atom. The lowest BCUT2D eigenvalue weighted by molar-refractivity contribution is 0.669. The Kier molecular flexibility index (Phi) is 7.36. The van der Waals surface area contributed by atoms with Gasteiger partial charge in [-0.3, -0.25) is 19.9 Å². The van der Waals surface area contributed by atoms with E-state index >= 15 is 0 Å². The molecule has 0 saturated carbocycles. The fourth-order valence-electron chi connectivity index (χ4n) is 8.09. The van der Waals surface area contributed by atoms with Gasteiger partial charge in [-0.25, -0.2) is 15.0 Å². The minimum atomic E-state index is 0.560. The highest BCUT2D eigenvalue weighted by atomic mass is 16.3. The highest BCUT2D eigenvalue weighted by Gasteiger charge is 2.17. The first kappa shape index (κ1) is 33.0. The third-order valence-corrected chi connectivity index (χ3v) is 11.0. The van der Waals surface area contributed by atoms with Crippen LogP contribution in [0.3, 0.4) is 0 Å². The van der Waals surface area contributed by atoms with Crippen molar-refractivity contribution < 1.29 is 4.42 Å². The molecule has 12 rings (SSSR count). The van der Waals surface area contributed by atoms with Gasteiger partial charge in [-0.15, -0.1) is 0 Å². The van der Waals surface area contributed by atoms with Crippen LogP contribution in [0.2, 0.25) is 0 Å². The van der Waals surface area contributed by atoms with Crippen LogP contribution in [-0.4, -0.2) is 34.9 Å². The highest BCUT2D eigenvalue weighted by molar-refractivity contribution is 6.07. The number of furan rings is 1. The van der Waals surface area contributed by atoms with E-state index in [0.29, 0.717) is 17.5 Å². The molecule has 6 aromatic heterocycles. The number of aromatic nitrogens is 7. The van der Waals surface area contributed by atoms with E-state index in [9.17, 15) is 0 Å². The Balaban J connectivity index is 0.992. The van der Waals surface area contributed by atoms with Crippen molar-refractivity contribution in [3.8, 4) is 56.4 Å². The van der Waals surface area contributed by atoms with E-state index in [1.807, 2.05) is 91.5 Å². The Morgan fingerprint density at radius 3 is 1.39 bits per heavy atom. The first-order valence-corrected chi connectivity index (χ1v) is 19.3. The van der Waals surface area contributed by atoms with Gasteiger partial charge in [-0.05, 0) is 71.8 Å². The van der Waals surface area contributed by atoms with Gasteiger partial charge in [0.15, 0.2) is 17.5 Å². The molecule has 6 aromatic carbocycles. The fraction of sp³-hybridized carbons (Fsp3) is 0. The molecule has 274 valence electrons. The molecule has 0 aliphatic carbocycles. The molecule has 0 bridgehead atoms. The summed E-state index contributed by atoms with van der Waals surface area (Å²) in [5.74, 6) is 1.68. The Morgan fingerprint density at radius 1 is 0.305 bits per heavy atom. The lowest BCUT2D eigenvalue weighted by atomic mass is 10.0. The average molecular weight is 756 g/mol. The van der Waals surface area contributed by atoms with E-state index in [0.717, 1.165) is 104 Å². The van der Waals surface area contributed by atoms with Crippen molar-refractivity contribution in [3.63, 3.8) is 0 Å². The fourth-order valence-corrected chi connectivity index (χ4v) is 8.09. The second-order valence-electron chi connectivity index (χ2n) is 14.6. The zero-order valence-electron chi connectivity index (χ0n) is 31.3. The van der Waals surface area contributed by atoms with E-state index in [1.54, 1.807) is 0 Å². The topological polar surface area (TPSA) is 103 Å². The Hall–Kier alpha value is -8.23. The molecule has 12 aromatic rings. The molecule has 6 heterocycles. The van der Waals surface area contributed by atoms with Crippen molar-refractivity contribution >= 4 is 65.6 Å². The van der Waals surface area contributed by atoms with Crippen molar-refractivity contribution in [3.05, 3.63) is 176 Å². The molecule has 0 N–H and O–H groups in total. The first-order chi connectivity index (χ1) is 29.2. The molecule has 0 unspecified atom stereocenters. The molecule has 0 aliphatic heterocycles. The Bertz CT molecular complexity index is 3470. The summed E-state index contributed by atoms with van der Waals surface area (Å²) in [5.41, 5.74) is 11.8. The van der Waals surface area contributed by atoms with E-state index < -0.39 is 0 Å². The molecule has 0 aliphatic rings. The van der Waals surface area contributed by atoms with Crippen molar-refractivity contribution in [1.29, 1.82) is 0 Å². The molecule has 59 heavy (non-hydrogen) atoms. The molecular weight excluding hydrogens is 727 g/mol. The summed E-state index contributed by atoms with van der Waals surface area (Å²) in [5, 5.41) is 6.23. The normalized spacial score (nSPS) is 11.7. The molecule has 0 amide bonds. The van der Waals surface area contributed by atoms with Crippen LogP contribution in [0, 0.1) is 0 Å². The number of rotatable bonds is 5. The smallest absolute Gasteiger partial charge is 0.164 e. The minimum absolute atomic E-state index is 0.560. The predicted octanol–water partition coefficient (Wildman–Crippen LogP) is 12.3. The summed E-state index contributed by atoms with van der Waals surface area (Å²) in [6, 6.07) is 51.5. The van der Waals surface area contributed by atoms with Crippen LogP contribution in [0.5, 0.6) is 0 Å².